The van der Waals surface area contributed by atoms with Crippen molar-refractivity contribution in [3.8, 4) is 0 Å². The van der Waals surface area contributed by atoms with Crippen molar-refractivity contribution in [3.05, 3.63) is 48.6 Å². The molecule has 0 bridgehead atoms. The number of allylic oxidation sites excluding steroid dienone is 8. The predicted molar refractivity (Wildman–Crippen MR) is 330 cm³/mol. The third-order valence-corrected chi connectivity index (χ3v) is 16.1. The molecule has 1 aliphatic rings. The van der Waals surface area contributed by atoms with Gasteiger partial charge in [0.2, 0.25) is 5.91 Å². The third-order valence-electron chi connectivity index (χ3n) is 16.1. The van der Waals surface area contributed by atoms with Crippen molar-refractivity contribution in [1.82, 2.24) is 5.32 Å². The maximum Gasteiger partial charge on any atom is 0.249 e. The summed E-state index contributed by atoms with van der Waals surface area (Å²) >= 11 is 0. The van der Waals surface area contributed by atoms with Gasteiger partial charge in [0.15, 0.2) is 6.29 Å². The van der Waals surface area contributed by atoms with E-state index in [2.05, 4.69) is 67.8 Å². The molecule has 0 aliphatic carbocycles. The maximum absolute atomic E-state index is 13.2. The van der Waals surface area contributed by atoms with Crippen LogP contribution in [0, 0.1) is 0 Å². The third kappa shape index (κ3) is 44.3. The van der Waals surface area contributed by atoms with Gasteiger partial charge in [0.1, 0.15) is 36.6 Å². The Labute approximate surface area is 485 Å². The normalized spacial score (nSPS) is 19.6. The molecule has 0 radical (unpaired) electrons. The van der Waals surface area contributed by atoms with Gasteiger partial charge >= 0.3 is 0 Å². The number of aliphatic hydroxyl groups is 7. The largest absolute Gasteiger partial charge is 0.394 e. The Morgan fingerprint density at radius 3 is 1.13 bits per heavy atom. The first-order valence-electron chi connectivity index (χ1n) is 33.5. The number of aliphatic hydroxyl groups excluding tert-OH is 7. The van der Waals surface area contributed by atoms with E-state index in [1.807, 2.05) is 0 Å². The Morgan fingerprint density at radius 1 is 0.430 bits per heavy atom. The summed E-state index contributed by atoms with van der Waals surface area (Å²) in [5, 5.41) is 76.3. The Balaban J connectivity index is 2.19. The quantitative estimate of drug-likeness (QED) is 0.0215. The number of carbonyl (C=O) groups excluding carboxylic acids is 1. The lowest BCUT2D eigenvalue weighted by atomic mass is 9.98. The fourth-order valence-corrected chi connectivity index (χ4v) is 10.6. The molecule has 1 aliphatic heterocycles. The zero-order valence-corrected chi connectivity index (χ0v) is 51.1. The molecule has 0 saturated carbocycles. The van der Waals surface area contributed by atoms with Crippen molar-refractivity contribution in [1.29, 1.82) is 0 Å². The molecule has 8 N–H and O–H groups in total. The van der Waals surface area contributed by atoms with Gasteiger partial charge in [-0.05, 0) is 89.9 Å². The number of carbonyl (C=O) groups is 1. The van der Waals surface area contributed by atoms with E-state index in [0.717, 1.165) is 44.9 Å². The van der Waals surface area contributed by atoms with Crippen molar-refractivity contribution in [3.63, 3.8) is 0 Å². The van der Waals surface area contributed by atoms with Crippen molar-refractivity contribution >= 4 is 5.91 Å². The van der Waals surface area contributed by atoms with Gasteiger partial charge in [-0.25, -0.2) is 0 Å². The van der Waals surface area contributed by atoms with Crippen LogP contribution in [0.3, 0.4) is 0 Å². The minimum Gasteiger partial charge on any atom is -0.394 e. The zero-order valence-electron chi connectivity index (χ0n) is 51.1. The Morgan fingerprint density at radius 2 is 0.759 bits per heavy atom. The maximum atomic E-state index is 13.2. The topological polar surface area (TPSA) is 189 Å². The Bertz CT molecular complexity index is 1420. The van der Waals surface area contributed by atoms with E-state index in [4.69, 9.17) is 9.47 Å². The van der Waals surface area contributed by atoms with E-state index in [-0.39, 0.29) is 12.8 Å². The monoisotopic (exact) mass is 1120 g/mol. The van der Waals surface area contributed by atoms with E-state index in [9.17, 15) is 40.5 Å². The molecule has 1 rings (SSSR count). The van der Waals surface area contributed by atoms with Gasteiger partial charge in [0.05, 0.1) is 25.4 Å². The van der Waals surface area contributed by atoms with Gasteiger partial charge in [0, 0.05) is 0 Å². The molecule has 0 spiro atoms. The minimum atomic E-state index is -1.67. The molecular weight excluding hydrogens is 991 g/mol. The highest BCUT2D eigenvalue weighted by molar-refractivity contribution is 5.80. The van der Waals surface area contributed by atoms with Gasteiger partial charge in [-0.15, -0.1) is 0 Å². The predicted octanol–water partition coefficient (Wildman–Crippen LogP) is 15.6. The van der Waals surface area contributed by atoms with Gasteiger partial charge in [0.25, 0.3) is 0 Å². The van der Waals surface area contributed by atoms with E-state index in [1.165, 1.54) is 218 Å². The van der Waals surface area contributed by atoms with E-state index < -0.39 is 74.2 Å². The molecule has 79 heavy (non-hydrogen) atoms. The van der Waals surface area contributed by atoms with Crippen LogP contribution in [-0.4, -0.2) is 110 Å². The van der Waals surface area contributed by atoms with Crippen LogP contribution in [0.15, 0.2) is 48.6 Å². The van der Waals surface area contributed by atoms with Crippen LogP contribution in [0.25, 0.3) is 0 Å². The van der Waals surface area contributed by atoms with Crippen molar-refractivity contribution < 1.29 is 50.0 Å². The fraction of sp³-hybridized carbons (Fsp3) is 0.868. The molecule has 11 nitrogen and oxygen atoms in total. The highest BCUT2D eigenvalue weighted by atomic mass is 16.7. The first kappa shape index (κ1) is 75.1. The molecule has 9 atom stereocenters. The minimum absolute atomic E-state index is 0.241. The Hall–Kier alpha value is -1.93. The highest BCUT2D eigenvalue weighted by Gasteiger charge is 2.44. The van der Waals surface area contributed by atoms with Crippen LogP contribution in [0.2, 0.25) is 0 Å². The first-order valence-corrected chi connectivity index (χ1v) is 33.5. The van der Waals surface area contributed by atoms with Crippen LogP contribution in [-0.2, 0) is 14.3 Å². The average Bonchev–Trinajstić information content (AvgIpc) is 3.46. The summed E-state index contributed by atoms with van der Waals surface area (Å²) in [5.74, 6) is -0.709. The molecule has 0 aromatic heterocycles. The van der Waals surface area contributed by atoms with E-state index in [0.29, 0.717) is 19.3 Å². The summed E-state index contributed by atoms with van der Waals surface area (Å²) in [7, 11) is 0. The Kier molecular flexibility index (Phi) is 53.7. The van der Waals surface area contributed by atoms with Gasteiger partial charge < -0.3 is 50.5 Å². The molecule has 464 valence electrons. The molecule has 11 heteroatoms. The zero-order chi connectivity index (χ0) is 57.5. The van der Waals surface area contributed by atoms with Gasteiger partial charge in [-0.3, -0.25) is 4.79 Å². The van der Waals surface area contributed by atoms with Gasteiger partial charge in [-0.2, -0.15) is 0 Å². The summed E-state index contributed by atoms with van der Waals surface area (Å²) in [5.41, 5.74) is 0. The van der Waals surface area contributed by atoms with Crippen LogP contribution in [0.5, 0.6) is 0 Å². The summed E-state index contributed by atoms with van der Waals surface area (Å²) in [6.07, 6.45) is 62.0. The smallest absolute Gasteiger partial charge is 0.249 e. The second-order valence-corrected chi connectivity index (χ2v) is 23.5. The number of hydrogen-bond donors (Lipinski definition) is 8. The van der Waals surface area contributed by atoms with Crippen LogP contribution in [0.1, 0.15) is 309 Å². The van der Waals surface area contributed by atoms with Crippen molar-refractivity contribution in [2.45, 2.75) is 364 Å². The molecule has 0 aromatic carbocycles. The molecule has 1 fully saturated rings. The summed E-state index contributed by atoms with van der Waals surface area (Å²) in [6, 6.07) is -1.20. The van der Waals surface area contributed by atoms with Crippen LogP contribution >= 0.6 is 0 Å². The molecule has 1 amide bonds. The highest BCUT2D eigenvalue weighted by Crippen LogP contribution is 2.24. The lowest BCUT2D eigenvalue weighted by Gasteiger charge is -2.40. The number of hydrogen-bond acceptors (Lipinski definition) is 10. The number of amides is 1. The summed E-state index contributed by atoms with van der Waals surface area (Å²) in [4.78, 5) is 13.2. The SMILES string of the molecule is CCCCCCC/C=C/CC/C=C/CC/C=C/CCCC(O)C(O)C(COC1OC(CO)C(O)C(O)C1O)NC(=O)C(O)CCCCCCCCCCCCCCCCCC/C=C\CCCCCCCCCCCCCCCC. The second-order valence-electron chi connectivity index (χ2n) is 23.5. The van der Waals surface area contributed by atoms with Crippen molar-refractivity contribution in [2.75, 3.05) is 13.2 Å². The molecule has 1 heterocycles. The van der Waals surface area contributed by atoms with E-state index >= 15 is 0 Å². The van der Waals surface area contributed by atoms with E-state index in [1.54, 1.807) is 0 Å². The van der Waals surface area contributed by atoms with Crippen molar-refractivity contribution in [2.24, 2.45) is 0 Å². The molecule has 0 aromatic rings. The standard InChI is InChI=1S/C68H127NO10/c1-3-5-7-9-11-13-15-17-19-21-23-24-25-26-27-28-29-30-31-32-33-34-35-36-37-38-40-42-44-46-48-50-52-54-56-61(72)67(77)69-59(58-78-68-66(76)65(75)64(74)62(57-70)79-68)63(73)60(71)55-53-51-49-47-45-43-41-39-22-20-18-16-14-12-10-8-6-4-2/h16,18,28-29,39,41,47,49,59-66,68,70-76H,3-15,17,19-27,30-38,40,42-46,48,50-58H2,1-2H3,(H,69,77)/b18-16+,29-28-,41-39+,49-47+. The molecule has 1 saturated heterocycles. The van der Waals surface area contributed by atoms with Gasteiger partial charge in [-0.1, -0.05) is 268 Å². The number of nitrogens with one attached hydrogen (secondary N) is 1. The second kappa shape index (κ2) is 56.5. The number of ether oxygens (including phenoxy) is 2. The van der Waals surface area contributed by atoms with Crippen LogP contribution < -0.4 is 5.32 Å². The number of unbranched alkanes of at least 4 members (excludes halogenated alkanes) is 38. The molecular formula is C68H127NO10. The number of rotatable bonds is 58. The average molecular weight is 1120 g/mol. The fourth-order valence-electron chi connectivity index (χ4n) is 10.6. The molecule has 9 unspecified atom stereocenters. The first-order chi connectivity index (χ1) is 38.7. The summed E-state index contributed by atoms with van der Waals surface area (Å²) < 4.78 is 11.1. The van der Waals surface area contributed by atoms with Crippen LogP contribution in [0.4, 0.5) is 0 Å². The lowest BCUT2D eigenvalue weighted by Crippen LogP contribution is -2.60. The lowest BCUT2D eigenvalue weighted by molar-refractivity contribution is -0.303. The summed E-state index contributed by atoms with van der Waals surface area (Å²) in [6.45, 7) is 3.45.